The third kappa shape index (κ3) is 2.52. The predicted octanol–water partition coefficient (Wildman–Crippen LogP) is 3.00. The van der Waals surface area contributed by atoms with E-state index in [1.807, 2.05) is 31.2 Å². The molecule has 2 aliphatic heterocycles. The van der Waals surface area contributed by atoms with E-state index in [1.54, 1.807) is 25.0 Å². The highest BCUT2D eigenvalue weighted by molar-refractivity contribution is 6.72. The Hall–Kier alpha value is -1.73. The van der Waals surface area contributed by atoms with Gasteiger partial charge in [-0.3, -0.25) is 9.59 Å². The zero-order valence-electron chi connectivity index (χ0n) is 15.2. The van der Waals surface area contributed by atoms with Crippen molar-refractivity contribution in [1.82, 2.24) is 0 Å². The molecule has 1 aromatic carbocycles. The predicted molar refractivity (Wildman–Crippen MR) is 94.5 cm³/mol. The first-order chi connectivity index (χ1) is 11.6. The van der Waals surface area contributed by atoms with Gasteiger partial charge < -0.3 is 18.5 Å². The van der Waals surface area contributed by atoms with Crippen molar-refractivity contribution in [2.24, 2.45) is 5.92 Å². The van der Waals surface area contributed by atoms with Gasteiger partial charge in [0.2, 0.25) is 8.41 Å². The van der Waals surface area contributed by atoms with Gasteiger partial charge in [0.25, 0.3) is 5.91 Å². The van der Waals surface area contributed by atoms with Crippen LogP contribution < -0.4 is 4.90 Å². The van der Waals surface area contributed by atoms with E-state index in [4.69, 9.17) is 9.47 Å². The Labute approximate surface area is 148 Å². The smallest absolute Gasteiger partial charge is 0.308 e. The second kappa shape index (κ2) is 5.91. The Bertz CT molecular complexity index is 719. The van der Waals surface area contributed by atoms with Crippen LogP contribution in [0.5, 0.6) is 0 Å². The van der Waals surface area contributed by atoms with E-state index in [-0.39, 0.29) is 18.2 Å². The Morgan fingerprint density at radius 2 is 2.04 bits per heavy atom. The number of carbonyl (C=O) groups excluding carboxylic acids is 2. The Balaban J connectivity index is 2.12. The summed E-state index contributed by atoms with van der Waals surface area (Å²) in [5.74, 6) is -1.02. The Morgan fingerprint density at radius 1 is 1.40 bits per heavy atom. The number of esters is 1. The van der Waals surface area contributed by atoms with Crippen LogP contribution >= 0.6 is 0 Å². The van der Waals surface area contributed by atoms with Gasteiger partial charge in [-0.2, -0.15) is 0 Å². The third-order valence-corrected chi connectivity index (χ3v) is 8.05. The molecule has 0 aromatic heterocycles. The lowest BCUT2D eigenvalue weighted by molar-refractivity contribution is -0.153. The fourth-order valence-electron chi connectivity index (χ4n) is 4.55. The summed E-state index contributed by atoms with van der Waals surface area (Å²) in [7, 11) is -0.200. The fourth-order valence-corrected chi connectivity index (χ4v) is 7.05. The van der Waals surface area contributed by atoms with Crippen molar-refractivity contribution in [2.45, 2.75) is 43.7 Å². The number of likely N-dealkylation sites (N-methyl/N-ethyl adjacent to an activating group) is 1. The number of hydrogen-bond donors (Lipinski definition) is 0. The summed E-state index contributed by atoms with van der Waals surface area (Å²) in [6, 6.07) is 7.43. The molecule has 0 N–H and O–H groups in total. The van der Waals surface area contributed by atoms with Crippen LogP contribution in [0.2, 0.25) is 18.6 Å². The summed E-state index contributed by atoms with van der Waals surface area (Å²) in [6.07, 6.45) is -0.718. The molecule has 0 radical (unpaired) electrons. The summed E-state index contributed by atoms with van der Waals surface area (Å²) in [6.45, 7) is 5.08. The summed E-state index contributed by atoms with van der Waals surface area (Å²) < 4.78 is 26.2. The largest absolute Gasteiger partial charge is 0.469 e. The zero-order chi connectivity index (χ0) is 18.6. The van der Waals surface area contributed by atoms with Crippen molar-refractivity contribution in [3.8, 4) is 0 Å². The van der Waals surface area contributed by atoms with E-state index in [2.05, 4.69) is 0 Å². The lowest BCUT2D eigenvalue weighted by atomic mass is 9.82. The summed E-state index contributed by atoms with van der Waals surface area (Å²) in [4.78, 5) is 26.6. The molecule has 3 rings (SSSR count). The molecule has 7 heteroatoms. The molecular formula is C18H24FNO4Si. The van der Waals surface area contributed by atoms with Gasteiger partial charge in [-0.1, -0.05) is 25.1 Å². The molecule has 1 fully saturated rings. The van der Waals surface area contributed by atoms with Gasteiger partial charge in [0.05, 0.1) is 25.3 Å². The summed E-state index contributed by atoms with van der Waals surface area (Å²) >= 11 is 0. The lowest BCUT2D eigenvalue weighted by Gasteiger charge is -2.30. The van der Waals surface area contributed by atoms with Crippen LogP contribution in [0.25, 0.3) is 0 Å². The minimum atomic E-state index is -3.20. The minimum Gasteiger partial charge on any atom is -0.469 e. The quantitative estimate of drug-likeness (QED) is 0.469. The number of fused-ring (bicyclic) bond motifs is 2. The van der Waals surface area contributed by atoms with Gasteiger partial charge in [-0.05, 0) is 19.2 Å². The van der Waals surface area contributed by atoms with Gasteiger partial charge in [0.15, 0.2) is 5.60 Å². The van der Waals surface area contributed by atoms with Crippen molar-refractivity contribution < 1.29 is 23.2 Å². The average Bonchev–Trinajstić information content (AvgIpc) is 2.96. The molecule has 136 valence electrons. The molecule has 2 aliphatic rings. The number of carbonyl (C=O) groups is 2. The molecule has 4 atom stereocenters. The van der Waals surface area contributed by atoms with Crippen LogP contribution in [-0.4, -0.2) is 40.5 Å². The molecule has 5 nitrogen and oxygen atoms in total. The highest BCUT2D eigenvalue weighted by Crippen LogP contribution is 2.59. The van der Waals surface area contributed by atoms with Gasteiger partial charge in [0.1, 0.15) is 0 Å². The van der Waals surface area contributed by atoms with E-state index in [9.17, 15) is 9.59 Å². The second-order valence-electron chi connectivity index (χ2n) is 7.43. The van der Waals surface area contributed by atoms with E-state index in [0.29, 0.717) is 0 Å². The number of benzene rings is 1. The maximum absolute atomic E-state index is 15.2. The van der Waals surface area contributed by atoms with E-state index in [0.717, 1.165) is 11.3 Å². The number of nitrogens with zero attached hydrogens (tertiary/aromatic N) is 1. The van der Waals surface area contributed by atoms with Gasteiger partial charge in [-0.15, -0.1) is 0 Å². The number of methoxy groups -OCH3 is 1. The van der Waals surface area contributed by atoms with Gasteiger partial charge >= 0.3 is 5.97 Å². The topological polar surface area (TPSA) is 55.8 Å². The molecule has 0 aliphatic carbocycles. The number of anilines is 1. The Kier molecular flexibility index (Phi) is 4.27. The molecule has 1 aromatic rings. The van der Waals surface area contributed by atoms with E-state index < -0.39 is 31.6 Å². The zero-order valence-corrected chi connectivity index (χ0v) is 16.2. The lowest BCUT2D eigenvalue weighted by Crippen LogP contribution is -2.44. The van der Waals surface area contributed by atoms with Gasteiger partial charge in [0, 0.05) is 24.1 Å². The van der Waals surface area contributed by atoms with Crippen molar-refractivity contribution in [1.29, 1.82) is 0 Å². The first-order valence-corrected chi connectivity index (χ1v) is 11.4. The van der Waals surface area contributed by atoms with Crippen molar-refractivity contribution >= 4 is 26.0 Å². The van der Waals surface area contributed by atoms with E-state index >= 15 is 4.11 Å². The number of ether oxygens (including phenoxy) is 2. The van der Waals surface area contributed by atoms with Crippen LogP contribution in [-0.2, 0) is 24.7 Å². The first kappa shape index (κ1) is 18.1. The van der Waals surface area contributed by atoms with Crippen molar-refractivity contribution in [3.63, 3.8) is 0 Å². The average molecular weight is 365 g/mol. The molecular weight excluding hydrogens is 341 g/mol. The minimum absolute atomic E-state index is 0.0488. The molecule has 1 saturated heterocycles. The number of hydrogen-bond acceptors (Lipinski definition) is 4. The highest BCUT2D eigenvalue weighted by atomic mass is 28.4. The summed E-state index contributed by atoms with van der Waals surface area (Å²) in [5, 5.41) is 0. The molecule has 25 heavy (non-hydrogen) atoms. The highest BCUT2D eigenvalue weighted by Gasteiger charge is 2.66. The standard InChI is InChI=1S/C18H24FNO4Si/c1-11-16(25(4,5)19)14(10-15(21)23-3)24-18(11)12-8-6-7-9-13(12)20(2)17(18)22/h6-9,11,14,16H,10H2,1-5H3/t11-,14+,16-,18+/m0/s1. The van der Waals surface area contributed by atoms with Crippen molar-refractivity contribution in [3.05, 3.63) is 29.8 Å². The summed E-state index contributed by atoms with van der Waals surface area (Å²) in [5.41, 5.74) is -0.179. The molecule has 2 heterocycles. The van der Waals surface area contributed by atoms with Crippen LogP contribution in [0.3, 0.4) is 0 Å². The maximum atomic E-state index is 15.2. The number of para-hydroxylation sites is 1. The third-order valence-electron chi connectivity index (χ3n) is 5.59. The maximum Gasteiger partial charge on any atom is 0.308 e. The normalized spacial score (nSPS) is 31.5. The number of rotatable bonds is 3. The first-order valence-electron chi connectivity index (χ1n) is 8.45. The van der Waals surface area contributed by atoms with Gasteiger partial charge in [-0.25, -0.2) is 0 Å². The SMILES string of the molecule is COC(=O)C[C@H]1O[C@]2(C(=O)N(C)c3ccccc32)[C@@H](C)[C@@H]1[Si](C)(C)F. The second-order valence-corrected chi connectivity index (χ2v) is 11.2. The van der Waals surface area contributed by atoms with Crippen LogP contribution in [0.4, 0.5) is 9.80 Å². The fraction of sp³-hybridized carbons (Fsp3) is 0.556. The molecule has 0 bridgehead atoms. The van der Waals surface area contributed by atoms with Crippen LogP contribution in [0, 0.1) is 5.92 Å². The van der Waals surface area contributed by atoms with Crippen LogP contribution in [0.15, 0.2) is 24.3 Å². The Morgan fingerprint density at radius 3 is 2.64 bits per heavy atom. The molecule has 1 amide bonds. The monoisotopic (exact) mass is 365 g/mol. The molecule has 1 spiro atoms. The van der Waals surface area contributed by atoms with Crippen molar-refractivity contribution in [2.75, 3.05) is 19.1 Å². The van der Waals surface area contributed by atoms with Crippen LogP contribution in [0.1, 0.15) is 18.9 Å². The number of halogens is 1. The number of amides is 1. The molecule has 0 unspecified atom stereocenters. The molecule has 0 saturated carbocycles. The van der Waals surface area contributed by atoms with E-state index in [1.165, 1.54) is 7.11 Å².